The number of benzene rings is 1. The zero-order chi connectivity index (χ0) is 16.1. The molecule has 0 saturated carbocycles. The van der Waals surface area contributed by atoms with Gasteiger partial charge in [-0.05, 0) is 25.5 Å². The van der Waals surface area contributed by atoms with Crippen LogP contribution in [0.1, 0.15) is 28.0 Å². The maximum atomic E-state index is 12.4. The second kappa shape index (κ2) is 7.24. The summed E-state index contributed by atoms with van der Waals surface area (Å²) in [6.45, 7) is 5.10. The third kappa shape index (κ3) is 3.87. The van der Waals surface area contributed by atoms with Crippen LogP contribution in [0.4, 0.5) is 0 Å². The van der Waals surface area contributed by atoms with Gasteiger partial charge in [-0.1, -0.05) is 42.0 Å². The van der Waals surface area contributed by atoms with Crippen molar-refractivity contribution >= 4 is 5.91 Å². The molecule has 1 aliphatic heterocycles. The topological polar surface area (TPSA) is 59.0 Å². The van der Waals surface area contributed by atoms with E-state index in [2.05, 4.69) is 33.9 Å². The van der Waals surface area contributed by atoms with E-state index >= 15 is 0 Å². The molecule has 1 aromatic carbocycles. The van der Waals surface area contributed by atoms with Crippen LogP contribution in [0.15, 0.2) is 48.2 Å². The minimum Gasteiger partial charge on any atom is -0.348 e. The summed E-state index contributed by atoms with van der Waals surface area (Å²) in [5, 5.41) is 10.6. The Kier molecular flexibility index (Phi) is 4.88. The SMILES string of the molecule is Cc1c(C(=O)NCC2=CCNCC2)cnn1Cc1ccccc1. The second-order valence-electron chi connectivity index (χ2n) is 5.79. The van der Waals surface area contributed by atoms with Crippen molar-refractivity contribution < 1.29 is 4.79 Å². The number of nitrogens with zero attached hydrogens (tertiary/aromatic N) is 2. The Morgan fingerprint density at radius 2 is 2.17 bits per heavy atom. The summed E-state index contributed by atoms with van der Waals surface area (Å²) >= 11 is 0. The van der Waals surface area contributed by atoms with Crippen LogP contribution < -0.4 is 10.6 Å². The van der Waals surface area contributed by atoms with Gasteiger partial charge in [0, 0.05) is 18.8 Å². The molecule has 120 valence electrons. The van der Waals surface area contributed by atoms with Gasteiger partial charge < -0.3 is 10.6 Å². The van der Waals surface area contributed by atoms with Crippen molar-refractivity contribution in [3.63, 3.8) is 0 Å². The number of carbonyl (C=O) groups is 1. The van der Waals surface area contributed by atoms with Crippen LogP contribution in [0, 0.1) is 6.92 Å². The molecule has 0 unspecified atom stereocenters. The molecular weight excluding hydrogens is 288 g/mol. The Labute approximate surface area is 136 Å². The Balaban J connectivity index is 1.64. The molecule has 0 spiro atoms. The molecule has 0 radical (unpaired) electrons. The predicted octanol–water partition coefficient (Wildman–Crippen LogP) is 1.89. The molecule has 1 amide bonds. The quantitative estimate of drug-likeness (QED) is 0.829. The first-order valence-corrected chi connectivity index (χ1v) is 7.97. The molecule has 0 aliphatic carbocycles. The van der Waals surface area contributed by atoms with E-state index in [1.807, 2.05) is 29.8 Å². The highest BCUT2D eigenvalue weighted by molar-refractivity contribution is 5.95. The van der Waals surface area contributed by atoms with E-state index in [9.17, 15) is 4.79 Å². The molecule has 23 heavy (non-hydrogen) atoms. The van der Waals surface area contributed by atoms with E-state index in [0.717, 1.165) is 25.2 Å². The fraction of sp³-hybridized carbons (Fsp3) is 0.333. The molecule has 1 aliphatic rings. The van der Waals surface area contributed by atoms with E-state index in [-0.39, 0.29) is 5.91 Å². The Hall–Kier alpha value is -2.40. The Bertz CT molecular complexity index is 703. The average molecular weight is 310 g/mol. The van der Waals surface area contributed by atoms with Gasteiger partial charge in [0.2, 0.25) is 0 Å². The molecule has 2 heterocycles. The van der Waals surface area contributed by atoms with Crippen molar-refractivity contribution in [2.24, 2.45) is 0 Å². The van der Waals surface area contributed by atoms with Gasteiger partial charge >= 0.3 is 0 Å². The van der Waals surface area contributed by atoms with Gasteiger partial charge in [0.15, 0.2) is 0 Å². The summed E-state index contributed by atoms with van der Waals surface area (Å²) in [6.07, 6.45) is 4.80. The fourth-order valence-electron chi connectivity index (χ4n) is 2.70. The lowest BCUT2D eigenvalue weighted by Gasteiger charge is -2.14. The number of nitrogens with one attached hydrogen (secondary N) is 2. The summed E-state index contributed by atoms with van der Waals surface area (Å²) < 4.78 is 1.87. The van der Waals surface area contributed by atoms with Crippen LogP contribution >= 0.6 is 0 Å². The molecular formula is C18H22N4O. The minimum atomic E-state index is -0.0544. The molecule has 1 aromatic heterocycles. The van der Waals surface area contributed by atoms with Crippen molar-refractivity contribution in [1.82, 2.24) is 20.4 Å². The largest absolute Gasteiger partial charge is 0.348 e. The summed E-state index contributed by atoms with van der Waals surface area (Å²) in [6, 6.07) is 10.1. The first kappa shape index (κ1) is 15.5. The minimum absolute atomic E-state index is 0.0544. The molecule has 5 heteroatoms. The lowest BCUT2D eigenvalue weighted by molar-refractivity contribution is 0.0956. The van der Waals surface area contributed by atoms with Gasteiger partial charge in [0.25, 0.3) is 5.91 Å². The highest BCUT2D eigenvalue weighted by Gasteiger charge is 2.14. The van der Waals surface area contributed by atoms with Gasteiger partial charge in [-0.15, -0.1) is 0 Å². The maximum absolute atomic E-state index is 12.4. The standard InChI is InChI=1S/C18H22N4O/c1-14-17(18(23)20-11-15-7-9-19-10-8-15)12-21-22(14)13-16-5-3-2-4-6-16/h2-7,12,19H,8-11,13H2,1H3,(H,20,23). The number of hydrogen-bond acceptors (Lipinski definition) is 3. The van der Waals surface area contributed by atoms with Crippen LogP contribution in [0.2, 0.25) is 0 Å². The van der Waals surface area contributed by atoms with Crippen molar-refractivity contribution in [2.45, 2.75) is 19.9 Å². The molecule has 0 saturated heterocycles. The third-order valence-electron chi connectivity index (χ3n) is 4.16. The zero-order valence-electron chi connectivity index (χ0n) is 13.4. The lowest BCUT2D eigenvalue weighted by Crippen LogP contribution is -2.29. The number of amides is 1. The van der Waals surface area contributed by atoms with E-state index in [0.29, 0.717) is 18.7 Å². The van der Waals surface area contributed by atoms with E-state index in [1.54, 1.807) is 6.20 Å². The predicted molar refractivity (Wildman–Crippen MR) is 90.4 cm³/mol. The summed E-state index contributed by atoms with van der Waals surface area (Å²) in [5.74, 6) is -0.0544. The first-order valence-electron chi connectivity index (χ1n) is 7.97. The van der Waals surface area contributed by atoms with Gasteiger partial charge in [0.05, 0.1) is 18.3 Å². The third-order valence-corrected chi connectivity index (χ3v) is 4.16. The van der Waals surface area contributed by atoms with Crippen LogP contribution in [0.25, 0.3) is 0 Å². The van der Waals surface area contributed by atoms with E-state index < -0.39 is 0 Å². The Morgan fingerprint density at radius 1 is 1.35 bits per heavy atom. The van der Waals surface area contributed by atoms with Gasteiger partial charge in [0.1, 0.15) is 0 Å². The number of hydrogen-bond donors (Lipinski definition) is 2. The lowest BCUT2D eigenvalue weighted by atomic mass is 10.1. The van der Waals surface area contributed by atoms with E-state index in [1.165, 1.54) is 11.1 Å². The smallest absolute Gasteiger partial charge is 0.255 e. The van der Waals surface area contributed by atoms with Gasteiger partial charge in [-0.25, -0.2) is 0 Å². The van der Waals surface area contributed by atoms with Gasteiger partial charge in [-0.2, -0.15) is 5.10 Å². The summed E-state index contributed by atoms with van der Waals surface area (Å²) in [5.41, 5.74) is 4.00. The van der Waals surface area contributed by atoms with Crippen LogP contribution in [-0.4, -0.2) is 35.3 Å². The number of rotatable bonds is 5. The number of carbonyl (C=O) groups excluding carboxylic acids is 1. The van der Waals surface area contributed by atoms with Gasteiger partial charge in [-0.3, -0.25) is 9.48 Å². The molecule has 0 atom stereocenters. The molecule has 0 fully saturated rings. The molecule has 2 aromatic rings. The molecule has 3 rings (SSSR count). The number of aromatic nitrogens is 2. The maximum Gasteiger partial charge on any atom is 0.255 e. The van der Waals surface area contributed by atoms with Crippen LogP contribution in [0.3, 0.4) is 0 Å². The molecule has 2 N–H and O–H groups in total. The Morgan fingerprint density at radius 3 is 2.91 bits per heavy atom. The van der Waals surface area contributed by atoms with E-state index in [4.69, 9.17) is 0 Å². The van der Waals surface area contributed by atoms with Crippen molar-refractivity contribution in [1.29, 1.82) is 0 Å². The molecule has 0 bridgehead atoms. The fourth-order valence-corrected chi connectivity index (χ4v) is 2.70. The first-order chi connectivity index (χ1) is 11.2. The highest BCUT2D eigenvalue weighted by atomic mass is 16.1. The average Bonchev–Trinajstić information content (AvgIpc) is 2.95. The second-order valence-corrected chi connectivity index (χ2v) is 5.79. The summed E-state index contributed by atoms with van der Waals surface area (Å²) in [4.78, 5) is 12.4. The van der Waals surface area contributed by atoms with Crippen LogP contribution in [0.5, 0.6) is 0 Å². The normalized spacial score (nSPS) is 14.4. The van der Waals surface area contributed by atoms with Crippen molar-refractivity contribution in [3.05, 3.63) is 65.0 Å². The highest BCUT2D eigenvalue weighted by Crippen LogP contribution is 2.11. The monoisotopic (exact) mass is 310 g/mol. The van der Waals surface area contributed by atoms with Crippen molar-refractivity contribution in [2.75, 3.05) is 19.6 Å². The van der Waals surface area contributed by atoms with Crippen molar-refractivity contribution in [3.8, 4) is 0 Å². The zero-order valence-corrected chi connectivity index (χ0v) is 13.4. The van der Waals surface area contributed by atoms with Crippen LogP contribution in [-0.2, 0) is 6.54 Å². The molecule has 5 nitrogen and oxygen atoms in total. The summed E-state index contributed by atoms with van der Waals surface area (Å²) in [7, 11) is 0.